The van der Waals surface area contributed by atoms with E-state index in [1.165, 1.54) is 4.88 Å². The number of sulfonamides is 1. The normalized spacial score (nSPS) is 16.2. The Labute approximate surface area is 131 Å². The van der Waals surface area contributed by atoms with Gasteiger partial charge in [0.1, 0.15) is 6.04 Å². The third-order valence-electron chi connectivity index (χ3n) is 3.31. The van der Waals surface area contributed by atoms with Gasteiger partial charge >= 0.3 is 0 Å². The van der Waals surface area contributed by atoms with Crippen molar-refractivity contribution in [2.75, 3.05) is 6.26 Å². The van der Waals surface area contributed by atoms with Crippen molar-refractivity contribution < 1.29 is 13.2 Å². The number of nitrogens with one attached hydrogen (secondary N) is 2. The summed E-state index contributed by atoms with van der Waals surface area (Å²) >= 11 is 1.64. The standard InChI is InChI=1S/C14H24N2O3S2/c1-5-10(2)13(16-21(4,18)19)14(17)15-11(3)9-12-7-6-8-20-12/h6-8,10-11,13,16H,5,9H2,1-4H3,(H,15,17)/t10-,11-,13+/m0/s1. The summed E-state index contributed by atoms with van der Waals surface area (Å²) in [6.07, 6.45) is 2.54. The van der Waals surface area contributed by atoms with Crippen molar-refractivity contribution in [2.45, 2.75) is 45.7 Å². The van der Waals surface area contributed by atoms with Crippen LogP contribution in [0, 0.1) is 5.92 Å². The van der Waals surface area contributed by atoms with Crippen LogP contribution in [0.3, 0.4) is 0 Å². The van der Waals surface area contributed by atoms with Crippen LogP contribution in [0.15, 0.2) is 17.5 Å². The van der Waals surface area contributed by atoms with Gasteiger partial charge in [-0.3, -0.25) is 4.79 Å². The molecule has 0 radical (unpaired) electrons. The molecule has 21 heavy (non-hydrogen) atoms. The highest BCUT2D eigenvalue weighted by Gasteiger charge is 2.27. The van der Waals surface area contributed by atoms with E-state index in [0.717, 1.165) is 19.1 Å². The molecule has 2 N–H and O–H groups in total. The number of carbonyl (C=O) groups is 1. The van der Waals surface area contributed by atoms with E-state index in [1.54, 1.807) is 11.3 Å². The Hall–Kier alpha value is -0.920. The minimum absolute atomic E-state index is 0.0379. The lowest BCUT2D eigenvalue weighted by molar-refractivity contribution is -0.124. The molecule has 120 valence electrons. The lowest BCUT2D eigenvalue weighted by Gasteiger charge is -2.24. The fraction of sp³-hybridized carbons (Fsp3) is 0.643. The molecule has 0 bridgehead atoms. The number of hydrogen-bond acceptors (Lipinski definition) is 4. The van der Waals surface area contributed by atoms with Gasteiger partial charge in [0.05, 0.1) is 6.26 Å². The Kier molecular flexibility index (Phi) is 6.83. The first-order valence-electron chi connectivity index (χ1n) is 7.03. The van der Waals surface area contributed by atoms with Crippen LogP contribution in [-0.4, -0.2) is 32.7 Å². The second kappa shape index (κ2) is 7.91. The third-order valence-corrected chi connectivity index (χ3v) is 4.89. The zero-order chi connectivity index (χ0) is 16.0. The van der Waals surface area contributed by atoms with Crippen molar-refractivity contribution in [1.29, 1.82) is 0 Å². The Balaban J connectivity index is 2.67. The summed E-state index contributed by atoms with van der Waals surface area (Å²) in [6.45, 7) is 5.72. The highest BCUT2D eigenvalue weighted by Crippen LogP contribution is 2.12. The molecule has 0 fully saturated rings. The average molecular weight is 332 g/mol. The number of amides is 1. The van der Waals surface area contributed by atoms with Gasteiger partial charge in [0.2, 0.25) is 15.9 Å². The average Bonchev–Trinajstić information content (AvgIpc) is 2.86. The highest BCUT2D eigenvalue weighted by atomic mass is 32.2. The van der Waals surface area contributed by atoms with Crippen LogP contribution >= 0.6 is 11.3 Å². The lowest BCUT2D eigenvalue weighted by Crippen LogP contribution is -2.52. The van der Waals surface area contributed by atoms with Crippen molar-refractivity contribution in [3.63, 3.8) is 0 Å². The lowest BCUT2D eigenvalue weighted by atomic mass is 9.99. The van der Waals surface area contributed by atoms with Crippen LogP contribution in [0.1, 0.15) is 32.1 Å². The molecule has 7 heteroatoms. The van der Waals surface area contributed by atoms with Gasteiger partial charge in [-0.15, -0.1) is 11.3 Å². The molecule has 1 aromatic heterocycles. The summed E-state index contributed by atoms with van der Waals surface area (Å²) in [5.74, 6) is -0.326. The van der Waals surface area contributed by atoms with Crippen molar-refractivity contribution in [1.82, 2.24) is 10.0 Å². The molecule has 0 unspecified atom stereocenters. The highest BCUT2D eigenvalue weighted by molar-refractivity contribution is 7.88. The first-order valence-corrected chi connectivity index (χ1v) is 9.80. The Morgan fingerprint density at radius 1 is 1.38 bits per heavy atom. The monoisotopic (exact) mass is 332 g/mol. The summed E-state index contributed by atoms with van der Waals surface area (Å²) in [5, 5.41) is 4.89. The SMILES string of the molecule is CC[C@H](C)[C@@H](NS(C)(=O)=O)C(=O)N[C@@H](C)Cc1cccs1. The van der Waals surface area contributed by atoms with Crippen LogP contribution in [0.4, 0.5) is 0 Å². The van der Waals surface area contributed by atoms with E-state index in [0.29, 0.717) is 0 Å². The summed E-state index contributed by atoms with van der Waals surface area (Å²) in [7, 11) is -3.42. The zero-order valence-corrected chi connectivity index (χ0v) is 14.6. The molecular weight excluding hydrogens is 308 g/mol. The van der Waals surface area contributed by atoms with E-state index < -0.39 is 16.1 Å². The molecule has 0 aliphatic carbocycles. The first-order chi connectivity index (χ1) is 9.73. The van der Waals surface area contributed by atoms with Gasteiger partial charge in [-0.2, -0.15) is 0 Å². The molecule has 0 saturated heterocycles. The van der Waals surface area contributed by atoms with Crippen LogP contribution in [0.25, 0.3) is 0 Å². The number of rotatable bonds is 8. The third kappa shape index (κ3) is 6.58. The smallest absolute Gasteiger partial charge is 0.238 e. The topological polar surface area (TPSA) is 75.3 Å². The molecular formula is C14H24N2O3S2. The van der Waals surface area contributed by atoms with Gasteiger partial charge in [0.15, 0.2) is 0 Å². The molecule has 0 aliphatic rings. The van der Waals surface area contributed by atoms with Crippen molar-refractivity contribution in [3.05, 3.63) is 22.4 Å². The fourth-order valence-corrected chi connectivity index (χ4v) is 3.64. The van der Waals surface area contributed by atoms with Crippen LogP contribution in [-0.2, 0) is 21.2 Å². The van der Waals surface area contributed by atoms with Gasteiger partial charge in [0.25, 0.3) is 0 Å². The van der Waals surface area contributed by atoms with Gasteiger partial charge in [-0.25, -0.2) is 13.1 Å². The predicted molar refractivity (Wildman–Crippen MR) is 86.9 cm³/mol. The van der Waals surface area contributed by atoms with Crippen LogP contribution in [0.2, 0.25) is 0 Å². The molecule has 0 aromatic carbocycles. The number of thiophene rings is 1. The summed E-state index contributed by atoms with van der Waals surface area (Å²) in [5.41, 5.74) is 0. The molecule has 1 heterocycles. The van der Waals surface area contributed by atoms with E-state index in [9.17, 15) is 13.2 Å². The molecule has 0 aliphatic heterocycles. The molecule has 1 rings (SSSR count). The van der Waals surface area contributed by atoms with Crippen molar-refractivity contribution in [3.8, 4) is 0 Å². The van der Waals surface area contributed by atoms with E-state index in [-0.39, 0.29) is 17.9 Å². The maximum atomic E-state index is 12.3. The van der Waals surface area contributed by atoms with E-state index >= 15 is 0 Å². The molecule has 3 atom stereocenters. The predicted octanol–water partition coefficient (Wildman–Crippen LogP) is 1.76. The molecule has 1 amide bonds. The Morgan fingerprint density at radius 3 is 2.52 bits per heavy atom. The molecule has 1 aromatic rings. The quantitative estimate of drug-likeness (QED) is 0.762. The van der Waals surface area contributed by atoms with Crippen molar-refractivity contribution >= 4 is 27.3 Å². The summed E-state index contributed by atoms with van der Waals surface area (Å²) in [4.78, 5) is 13.5. The largest absolute Gasteiger partial charge is 0.352 e. The Bertz CT molecular complexity index is 541. The second-order valence-electron chi connectivity index (χ2n) is 5.45. The first kappa shape index (κ1) is 18.1. The van der Waals surface area contributed by atoms with Crippen molar-refractivity contribution in [2.24, 2.45) is 5.92 Å². The van der Waals surface area contributed by atoms with E-state index in [2.05, 4.69) is 10.0 Å². The van der Waals surface area contributed by atoms with E-state index in [1.807, 2.05) is 38.3 Å². The molecule has 5 nitrogen and oxygen atoms in total. The van der Waals surface area contributed by atoms with Gasteiger partial charge in [0, 0.05) is 17.3 Å². The van der Waals surface area contributed by atoms with Gasteiger partial charge in [-0.05, 0) is 24.3 Å². The Morgan fingerprint density at radius 2 is 2.05 bits per heavy atom. The van der Waals surface area contributed by atoms with Gasteiger partial charge < -0.3 is 5.32 Å². The summed E-state index contributed by atoms with van der Waals surface area (Å²) < 4.78 is 25.3. The van der Waals surface area contributed by atoms with Crippen LogP contribution < -0.4 is 10.0 Å². The number of hydrogen-bond donors (Lipinski definition) is 2. The molecule has 0 spiro atoms. The number of carbonyl (C=O) groups excluding carboxylic acids is 1. The maximum absolute atomic E-state index is 12.3. The minimum atomic E-state index is -3.42. The second-order valence-corrected chi connectivity index (χ2v) is 8.26. The zero-order valence-electron chi connectivity index (χ0n) is 12.9. The maximum Gasteiger partial charge on any atom is 0.238 e. The molecule has 0 saturated carbocycles. The minimum Gasteiger partial charge on any atom is -0.352 e. The fourth-order valence-electron chi connectivity index (χ4n) is 2.01. The van der Waals surface area contributed by atoms with Gasteiger partial charge in [-0.1, -0.05) is 26.3 Å². The van der Waals surface area contributed by atoms with Crippen LogP contribution in [0.5, 0.6) is 0 Å². The van der Waals surface area contributed by atoms with E-state index in [4.69, 9.17) is 0 Å². The summed E-state index contributed by atoms with van der Waals surface area (Å²) in [6, 6.07) is 3.23.